The summed E-state index contributed by atoms with van der Waals surface area (Å²) in [5, 5.41) is 9.78. The zero-order chi connectivity index (χ0) is 25.3. The van der Waals surface area contributed by atoms with Crippen LogP contribution in [0.4, 0.5) is 0 Å². The first-order chi connectivity index (χ1) is 16.2. The highest BCUT2D eigenvalue weighted by atomic mass is 16.6. The van der Waals surface area contributed by atoms with Gasteiger partial charge in [-0.05, 0) is 65.7 Å². The van der Waals surface area contributed by atoms with Crippen molar-refractivity contribution in [2.45, 2.75) is 117 Å². The number of aliphatic hydroxyl groups is 1. The molecule has 0 saturated carbocycles. The van der Waals surface area contributed by atoms with Crippen LogP contribution in [0.3, 0.4) is 0 Å². The molecule has 1 atom stereocenters. The Labute approximate surface area is 207 Å². The molecule has 1 fully saturated rings. The molecule has 0 radical (unpaired) electrons. The van der Waals surface area contributed by atoms with Crippen molar-refractivity contribution in [3.05, 3.63) is 36.0 Å². The van der Waals surface area contributed by atoms with Gasteiger partial charge in [0.25, 0.3) is 0 Å². The number of rotatable bonds is 17. The SMILES string of the molecule is CCCCC/C=C\C/C=C\CCCCCCC/C=C1\CC(CO)(COC(=O)C(C)(C)C)OC1=O. The zero-order valence-corrected chi connectivity index (χ0v) is 22.1. The summed E-state index contributed by atoms with van der Waals surface area (Å²) in [4.78, 5) is 24.2. The molecule has 0 spiro atoms. The van der Waals surface area contributed by atoms with Gasteiger partial charge in [0.05, 0.1) is 12.0 Å². The van der Waals surface area contributed by atoms with Crippen LogP contribution < -0.4 is 0 Å². The van der Waals surface area contributed by atoms with Gasteiger partial charge in [0, 0.05) is 12.0 Å². The third-order valence-electron chi connectivity index (χ3n) is 6.00. The van der Waals surface area contributed by atoms with Gasteiger partial charge in [0.15, 0.2) is 5.60 Å². The summed E-state index contributed by atoms with van der Waals surface area (Å²) in [5.74, 6) is -0.789. The first-order valence-electron chi connectivity index (χ1n) is 13.2. The molecule has 0 aliphatic carbocycles. The maximum atomic E-state index is 12.2. The van der Waals surface area contributed by atoms with Gasteiger partial charge in [0.2, 0.25) is 0 Å². The molecule has 0 aromatic rings. The lowest BCUT2D eigenvalue weighted by atomic mass is 9.96. The third kappa shape index (κ3) is 12.5. The molecule has 1 N–H and O–H groups in total. The van der Waals surface area contributed by atoms with Crippen LogP contribution in [-0.2, 0) is 19.1 Å². The Morgan fingerprint density at radius 1 is 0.971 bits per heavy atom. The second-order valence-corrected chi connectivity index (χ2v) is 10.5. The van der Waals surface area contributed by atoms with Crippen LogP contribution in [0.1, 0.15) is 111 Å². The average Bonchev–Trinajstić information content (AvgIpc) is 3.12. The summed E-state index contributed by atoms with van der Waals surface area (Å²) in [5.41, 5.74) is -1.22. The summed E-state index contributed by atoms with van der Waals surface area (Å²) < 4.78 is 10.7. The Balaban J connectivity index is 2.17. The third-order valence-corrected chi connectivity index (χ3v) is 6.00. The van der Waals surface area contributed by atoms with Gasteiger partial charge in [-0.15, -0.1) is 0 Å². The van der Waals surface area contributed by atoms with Crippen molar-refractivity contribution in [2.24, 2.45) is 5.41 Å². The average molecular weight is 477 g/mol. The quantitative estimate of drug-likeness (QED) is 0.106. The Hall–Kier alpha value is -1.88. The molecule has 5 heteroatoms. The number of ether oxygens (including phenoxy) is 2. The fourth-order valence-electron chi connectivity index (χ4n) is 3.73. The van der Waals surface area contributed by atoms with Crippen molar-refractivity contribution < 1.29 is 24.2 Å². The van der Waals surface area contributed by atoms with E-state index in [-0.39, 0.29) is 25.6 Å². The van der Waals surface area contributed by atoms with E-state index in [9.17, 15) is 14.7 Å². The molecule has 34 heavy (non-hydrogen) atoms. The van der Waals surface area contributed by atoms with Crippen molar-refractivity contribution in [1.82, 2.24) is 0 Å². The number of esters is 2. The van der Waals surface area contributed by atoms with Gasteiger partial charge in [-0.1, -0.05) is 69.4 Å². The highest BCUT2D eigenvalue weighted by molar-refractivity contribution is 5.91. The van der Waals surface area contributed by atoms with Gasteiger partial charge >= 0.3 is 11.9 Å². The summed E-state index contributed by atoms with van der Waals surface area (Å²) in [6, 6.07) is 0. The summed E-state index contributed by atoms with van der Waals surface area (Å²) in [7, 11) is 0. The van der Waals surface area contributed by atoms with E-state index in [1.807, 2.05) is 6.08 Å². The molecule has 1 unspecified atom stereocenters. The van der Waals surface area contributed by atoms with Gasteiger partial charge < -0.3 is 14.6 Å². The highest BCUT2D eigenvalue weighted by Gasteiger charge is 2.45. The summed E-state index contributed by atoms with van der Waals surface area (Å²) >= 11 is 0. The van der Waals surface area contributed by atoms with Crippen molar-refractivity contribution in [1.29, 1.82) is 0 Å². The number of carbonyl (C=O) groups excluding carboxylic acids is 2. The lowest BCUT2D eigenvalue weighted by Gasteiger charge is -2.26. The molecule has 0 bridgehead atoms. The first kappa shape index (κ1) is 30.2. The standard InChI is InChI=1S/C29H48O5/c1-5-6-7-8-9-10-11-12-13-14-15-16-17-18-19-20-21-25-22-29(23-30,34-26(25)31)24-33-27(32)28(2,3)4/h9-10,12-13,21,30H,5-8,11,14-20,22-24H2,1-4H3/b10-9-,13-12-,25-21+. The number of unbranched alkanes of at least 4 members (excludes halogenated alkanes) is 9. The number of allylic oxidation sites excluding steroid dienone is 5. The molecule has 1 aliphatic heterocycles. The number of aliphatic hydroxyl groups excluding tert-OH is 1. The molecule has 194 valence electrons. The fraction of sp³-hybridized carbons (Fsp3) is 0.724. The molecule has 0 amide bonds. The van der Waals surface area contributed by atoms with E-state index in [1.165, 1.54) is 44.9 Å². The zero-order valence-electron chi connectivity index (χ0n) is 22.1. The number of hydrogen-bond donors (Lipinski definition) is 1. The molecule has 0 aromatic carbocycles. The van der Waals surface area contributed by atoms with Gasteiger partial charge in [0.1, 0.15) is 6.61 Å². The minimum absolute atomic E-state index is 0.119. The predicted molar refractivity (Wildman–Crippen MR) is 138 cm³/mol. The maximum Gasteiger partial charge on any atom is 0.334 e. The Kier molecular flexibility index (Phi) is 14.8. The molecule has 0 aromatic heterocycles. The minimum atomic E-state index is -1.15. The van der Waals surface area contributed by atoms with E-state index in [1.54, 1.807) is 20.8 Å². The Bertz CT molecular complexity index is 683. The lowest BCUT2D eigenvalue weighted by molar-refractivity contribution is -0.171. The molecule has 1 aliphatic rings. The van der Waals surface area contributed by atoms with Crippen LogP contribution in [0.5, 0.6) is 0 Å². The van der Waals surface area contributed by atoms with Crippen LogP contribution in [0, 0.1) is 5.41 Å². The number of cyclic esters (lactones) is 1. The minimum Gasteiger partial charge on any atom is -0.461 e. The Morgan fingerprint density at radius 3 is 2.15 bits per heavy atom. The summed E-state index contributed by atoms with van der Waals surface area (Å²) in [6.45, 7) is 7.04. The Morgan fingerprint density at radius 2 is 1.56 bits per heavy atom. The molecule has 1 rings (SSSR count). The van der Waals surface area contributed by atoms with E-state index in [4.69, 9.17) is 9.47 Å². The molecule has 5 nitrogen and oxygen atoms in total. The van der Waals surface area contributed by atoms with E-state index in [2.05, 4.69) is 31.2 Å². The molecular formula is C29H48O5. The van der Waals surface area contributed by atoms with E-state index in [0.29, 0.717) is 5.57 Å². The van der Waals surface area contributed by atoms with Crippen LogP contribution >= 0.6 is 0 Å². The van der Waals surface area contributed by atoms with Gasteiger partial charge in [-0.3, -0.25) is 4.79 Å². The van der Waals surface area contributed by atoms with Crippen molar-refractivity contribution in [3.63, 3.8) is 0 Å². The normalized spacial score (nSPS) is 20.0. The maximum absolute atomic E-state index is 12.2. The van der Waals surface area contributed by atoms with Crippen LogP contribution in [0.25, 0.3) is 0 Å². The highest BCUT2D eigenvalue weighted by Crippen LogP contribution is 2.32. The molecule has 1 heterocycles. The topological polar surface area (TPSA) is 72.8 Å². The van der Waals surface area contributed by atoms with Crippen molar-refractivity contribution in [3.8, 4) is 0 Å². The summed E-state index contributed by atoms with van der Waals surface area (Å²) in [6.07, 6.45) is 25.2. The monoisotopic (exact) mass is 476 g/mol. The van der Waals surface area contributed by atoms with Crippen molar-refractivity contribution >= 4 is 11.9 Å². The predicted octanol–water partition coefficient (Wildman–Crippen LogP) is 6.99. The van der Waals surface area contributed by atoms with Crippen molar-refractivity contribution in [2.75, 3.05) is 13.2 Å². The number of carbonyl (C=O) groups is 2. The van der Waals surface area contributed by atoms with E-state index in [0.717, 1.165) is 32.1 Å². The fourth-order valence-corrected chi connectivity index (χ4v) is 3.73. The second kappa shape index (κ2) is 16.7. The van der Waals surface area contributed by atoms with Crippen LogP contribution in [0.15, 0.2) is 36.0 Å². The molecular weight excluding hydrogens is 428 g/mol. The van der Waals surface area contributed by atoms with E-state index < -0.39 is 17.0 Å². The number of hydrogen-bond acceptors (Lipinski definition) is 5. The second-order valence-electron chi connectivity index (χ2n) is 10.5. The smallest absolute Gasteiger partial charge is 0.334 e. The van der Waals surface area contributed by atoms with Gasteiger partial charge in [-0.2, -0.15) is 0 Å². The molecule has 1 saturated heterocycles. The van der Waals surface area contributed by atoms with Crippen LogP contribution in [-0.4, -0.2) is 35.9 Å². The van der Waals surface area contributed by atoms with Crippen LogP contribution in [0.2, 0.25) is 0 Å². The van der Waals surface area contributed by atoms with E-state index >= 15 is 0 Å². The van der Waals surface area contributed by atoms with Gasteiger partial charge in [-0.25, -0.2) is 4.79 Å². The first-order valence-corrected chi connectivity index (χ1v) is 13.2. The largest absolute Gasteiger partial charge is 0.461 e. The lowest BCUT2D eigenvalue weighted by Crippen LogP contribution is -2.40.